The zero-order chi connectivity index (χ0) is 19.1. The molecule has 8 nitrogen and oxygen atoms in total. The van der Waals surface area contributed by atoms with Crippen molar-refractivity contribution in [1.29, 1.82) is 0 Å². The maximum atomic E-state index is 12.9. The van der Waals surface area contributed by atoms with E-state index in [0.29, 0.717) is 30.0 Å². The van der Waals surface area contributed by atoms with Gasteiger partial charge in [0.25, 0.3) is 5.91 Å². The van der Waals surface area contributed by atoms with Crippen LogP contribution in [0.4, 0.5) is 0 Å². The number of hydrogen-bond acceptors (Lipinski definition) is 7. The summed E-state index contributed by atoms with van der Waals surface area (Å²) < 4.78 is 26.8. The van der Waals surface area contributed by atoms with E-state index in [9.17, 15) is 9.59 Å². The molecule has 1 atom stereocenters. The van der Waals surface area contributed by atoms with E-state index in [0.717, 1.165) is 5.56 Å². The zero-order valence-electron chi connectivity index (χ0n) is 15.4. The Kier molecular flexibility index (Phi) is 4.53. The Bertz CT molecular complexity index is 801. The van der Waals surface area contributed by atoms with Gasteiger partial charge in [-0.1, -0.05) is 0 Å². The molecule has 140 valence electrons. The predicted octanol–water partition coefficient (Wildman–Crippen LogP) is 0.975. The third-order valence-corrected chi connectivity index (χ3v) is 4.84. The Balaban J connectivity index is 2.32. The number of rotatable bonds is 5. The Morgan fingerprint density at radius 2 is 1.69 bits per heavy atom. The summed E-state index contributed by atoms with van der Waals surface area (Å²) in [4.78, 5) is 26.6. The molecular weight excluding hydrogens is 342 g/mol. The van der Waals surface area contributed by atoms with Crippen molar-refractivity contribution in [2.75, 3.05) is 42.1 Å². The smallest absolute Gasteiger partial charge is 0.347 e. The predicted molar refractivity (Wildman–Crippen MR) is 89.7 cm³/mol. The van der Waals surface area contributed by atoms with E-state index < -0.39 is 17.6 Å². The summed E-state index contributed by atoms with van der Waals surface area (Å²) in [5, 5.41) is 0. The van der Waals surface area contributed by atoms with Crippen LogP contribution < -0.4 is 9.47 Å². The number of ether oxygens (including phenoxy) is 5. The van der Waals surface area contributed by atoms with Gasteiger partial charge in [-0.2, -0.15) is 0 Å². The lowest BCUT2D eigenvalue weighted by atomic mass is 9.88. The van der Waals surface area contributed by atoms with Gasteiger partial charge in [0.1, 0.15) is 0 Å². The van der Waals surface area contributed by atoms with Gasteiger partial charge in [0.15, 0.2) is 22.8 Å². The summed E-state index contributed by atoms with van der Waals surface area (Å²) >= 11 is 0. The van der Waals surface area contributed by atoms with Crippen molar-refractivity contribution in [3.63, 3.8) is 0 Å². The molecule has 1 amide bonds. The first-order valence-corrected chi connectivity index (χ1v) is 7.99. The molecule has 1 aromatic carbocycles. The number of carbonyl (C=O) groups excluding carboxylic acids is 2. The van der Waals surface area contributed by atoms with Gasteiger partial charge in [-0.25, -0.2) is 4.79 Å². The number of hydrogen-bond donors (Lipinski definition) is 0. The highest BCUT2D eigenvalue weighted by Crippen LogP contribution is 2.50. The minimum atomic E-state index is -1.36. The molecule has 0 saturated carbocycles. The molecule has 0 radical (unpaired) electrons. The van der Waals surface area contributed by atoms with Crippen molar-refractivity contribution in [2.24, 2.45) is 0 Å². The van der Waals surface area contributed by atoms with Crippen LogP contribution >= 0.6 is 0 Å². The van der Waals surface area contributed by atoms with Gasteiger partial charge in [-0.3, -0.25) is 9.69 Å². The van der Waals surface area contributed by atoms with Gasteiger partial charge in [0.2, 0.25) is 5.72 Å². The fourth-order valence-corrected chi connectivity index (χ4v) is 3.70. The molecule has 8 heteroatoms. The van der Waals surface area contributed by atoms with E-state index in [1.54, 1.807) is 13.2 Å². The second-order valence-corrected chi connectivity index (χ2v) is 5.82. The molecule has 0 saturated heterocycles. The highest BCUT2D eigenvalue weighted by Gasteiger charge is 2.59. The maximum Gasteiger partial charge on any atom is 0.347 e. The molecule has 2 aliphatic rings. The summed E-state index contributed by atoms with van der Waals surface area (Å²) in [5.41, 5.74) is 0.0457. The van der Waals surface area contributed by atoms with Crippen LogP contribution in [0.25, 0.3) is 0 Å². The average molecular weight is 363 g/mol. The van der Waals surface area contributed by atoms with Crippen molar-refractivity contribution >= 4 is 11.9 Å². The second-order valence-electron chi connectivity index (χ2n) is 5.82. The van der Waals surface area contributed by atoms with Crippen LogP contribution in [0.2, 0.25) is 0 Å². The van der Waals surface area contributed by atoms with E-state index in [-0.39, 0.29) is 11.3 Å². The number of amides is 1. The van der Waals surface area contributed by atoms with Gasteiger partial charge < -0.3 is 23.7 Å². The molecule has 1 unspecified atom stereocenters. The highest BCUT2D eigenvalue weighted by atomic mass is 16.6. The summed E-state index contributed by atoms with van der Waals surface area (Å²) in [6.45, 7) is 0.350. The second kappa shape index (κ2) is 6.53. The SMILES string of the molecule is COC(=O)C1=C(OC)C2(OC)c3cc(OC)c(OC)cc3CCN2C1=O. The first-order valence-electron chi connectivity index (χ1n) is 7.99. The summed E-state index contributed by atoms with van der Waals surface area (Å²) in [7, 11) is 7.15. The van der Waals surface area contributed by atoms with Crippen LogP contribution in [0.1, 0.15) is 11.1 Å². The minimum Gasteiger partial charge on any atom is -0.494 e. The molecule has 26 heavy (non-hydrogen) atoms. The summed E-state index contributed by atoms with van der Waals surface area (Å²) in [6.07, 6.45) is 0.567. The van der Waals surface area contributed by atoms with E-state index in [1.807, 2.05) is 6.07 Å². The van der Waals surface area contributed by atoms with E-state index in [4.69, 9.17) is 23.7 Å². The van der Waals surface area contributed by atoms with Gasteiger partial charge in [-0.05, 0) is 24.1 Å². The lowest BCUT2D eigenvalue weighted by Gasteiger charge is -2.43. The largest absolute Gasteiger partial charge is 0.494 e. The fourth-order valence-electron chi connectivity index (χ4n) is 3.70. The molecule has 3 rings (SSSR count). The molecule has 1 aromatic rings. The quantitative estimate of drug-likeness (QED) is 0.569. The third kappa shape index (κ3) is 2.18. The Morgan fingerprint density at radius 1 is 1.04 bits per heavy atom. The number of esters is 1. The lowest BCUT2D eigenvalue weighted by molar-refractivity contribution is -0.160. The number of carbonyl (C=O) groups is 2. The van der Waals surface area contributed by atoms with E-state index in [2.05, 4.69) is 0 Å². The van der Waals surface area contributed by atoms with E-state index >= 15 is 0 Å². The lowest BCUT2D eigenvalue weighted by Crippen LogP contribution is -2.52. The first kappa shape index (κ1) is 18.1. The molecule has 0 bridgehead atoms. The molecule has 2 heterocycles. The Hall–Kier alpha value is -2.74. The number of benzene rings is 1. The molecule has 2 aliphatic heterocycles. The third-order valence-electron chi connectivity index (χ3n) is 4.84. The van der Waals surface area contributed by atoms with Crippen LogP contribution in [0.15, 0.2) is 23.5 Å². The summed E-state index contributed by atoms with van der Waals surface area (Å²) in [5.74, 6) is -0.0916. The van der Waals surface area contributed by atoms with Crippen molar-refractivity contribution in [2.45, 2.75) is 12.1 Å². The topological polar surface area (TPSA) is 83.5 Å². The standard InChI is InChI=1S/C18H21NO7/c1-22-12-8-10-6-7-19-16(20)14(17(21)25-4)15(24-3)18(19,26-5)11(10)9-13(12)23-2/h8-9H,6-7H2,1-5H3. The fraction of sp³-hybridized carbons (Fsp3) is 0.444. The van der Waals surface area contributed by atoms with Crippen molar-refractivity contribution in [1.82, 2.24) is 4.90 Å². The van der Waals surface area contributed by atoms with Crippen LogP contribution in [0, 0.1) is 0 Å². The molecular formula is C18H21NO7. The number of methoxy groups -OCH3 is 5. The van der Waals surface area contributed by atoms with Crippen LogP contribution in [-0.2, 0) is 35.9 Å². The van der Waals surface area contributed by atoms with Gasteiger partial charge >= 0.3 is 5.97 Å². The molecule has 0 spiro atoms. The van der Waals surface area contributed by atoms with Gasteiger partial charge in [0.05, 0.1) is 28.4 Å². The molecule has 0 N–H and O–H groups in total. The Morgan fingerprint density at radius 3 is 2.23 bits per heavy atom. The molecule has 0 aromatic heterocycles. The maximum absolute atomic E-state index is 12.9. The molecule has 0 aliphatic carbocycles. The van der Waals surface area contributed by atoms with Crippen LogP contribution in [0.5, 0.6) is 11.5 Å². The van der Waals surface area contributed by atoms with Crippen molar-refractivity contribution < 1.29 is 33.3 Å². The minimum absolute atomic E-state index is 0.102. The van der Waals surface area contributed by atoms with Gasteiger partial charge in [0, 0.05) is 19.2 Å². The van der Waals surface area contributed by atoms with E-state index in [1.165, 1.54) is 33.3 Å². The molecule has 0 fully saturated rings. The highest BCUT2D eigenvalue weighted by molar-refractivity contribution is 6.19. The number of fused-ring (bicyclic) bond motifs is 3. The Labute approximate surface area is 151 Å². The van der Waals surface area contributed by atoms with Crippen LogP contribution in [-0.4, -0.2) is 58.9 Å². The van der Waals surface area contributed by atoms with Crippen LogP contribution in [0.3, 0.4) is 0 Å². The summed E-state index contributed by atoms with van der Waals surface area (Å²) in [6, 6.07) is 3.59. The zero-order valence-corrected chi connectivity index (χ0v) is 15.4. The van der Waals surface area contributed by atoms with Gasteiger partial charge in [-0.15, -0.1) is 0 Å². The average Bonchev–Trinajstić information content (AvgIpc) is 2.94. The monoisotopic (exact) mass is 363 g/mol. The number of nitrogens with zero attached hydrogens (tertiary/aromatic N) is 1. The normalized spacial score (nSPS) is 21.3. The van der Waals surface area contributed by atoms with Crippen molar-refractivity contribution in [3.8, 4) is 11.5 Å². The first-order chi connectivity index (χ1) is 12.5. The van der Waals surface area contributed by atoms with Crippen molar-refractivity contribution in [3.05, 3.63) is 34.6 Å².